The van der Waals surface area contributed by atoms with Gasteiger partial charge in [-0.05, 0) is 6.07 Å². The molecule has 1 unspecified atom stereocenters. The molecule has 1 atom stereocenters. The third kappa shape index (κ3) is 0.821. The van der Waals surface area contributed by atoms with Gasteiger partial charge in [-0.2, -0.15) is 0 Å². The van der Waals surface area contributed by atoms with Crippen molar-refractivity contribution >= 4 is 5.91 Å². The highest BCUT2D eigenvalue weighted by Gasteiger charge is 2.29. The van der Waals surface area contributed by atoms with Crippen LogP contribution in [0.3, 0.4) is 0 Å². The lowest BCUT2D eigenvalue weighted by Gasteiger charge is -2.01. The normalized spacial score (nSPS) is 21.5. The quantitative estimate of drug-likeness (QED) is 0.621. The van der Waals surface area contributed by atoms with Crippen LogP contribution < -0.4 is 0 Å². The largest absolute Gasteiger partial charge is 0.392 e. The molecule has 0 amide bonds. The van der Waals surface area contributed by atoms with Crippen LogP contribution in [0.4, 0.5) is 0 Å². The fraction of sp³-hybridized carbons (Fsp3) is 0.375. The number of carbonyl (C=O) groups excluding carboxylic acids is 1. The third-order valence-electron chi connectivity index (χ3n) is 2.14. The van der Waals surface area contributed by atoms with E-state index < -0.39 is 6.10 Å². The topological polar surface area (TPSA) is 62.5 Å². The highest BCUT2D eigenvalue weighted by Crippen LogP contribution is 2.29. The van der Waals surface area contributed by atoms with Gasteiger partial charge >= 0.3 is 0 Å². The molecule has 2 rings (SSSR count). The lowest BCUT2D eigenvalue weighted by atomic mass is 10.1. The molecule has 0 bridgehead atoms. The lowest BCUT2D eigenvalue weighted by molar-refractivity contribution is 0.0878. The van der Waals surface area contributed by atoms with Crippen LogP contribution in [-0.4, -0.2) is 20.7 Å². The van der Waals surface area contributed by atoms with Gasteiger partial charge in [0.05, 0.1) is 18.7 Å². The zero-order valence-electron chi connectivity index (χ0n) is 6.40. The van der Waals surface area contributed by atoms with Gasteiger partial charge in [0.1, 0.15) is 6.10 Å². The van der Waals surface area contributed by atoms with Crippen molar-refractivity contribution in [2.75, 3.05) is 0 Å². The minimum absolute atomic E-state index is 0.114. The Morgan fingerprint density at radius 3 is 3.08 bits per heavy atom. The van der Waals surface area contributed by atoms with Gasteiger partial charge < -0.3 is 10.2 Å². The molecule has 4 nitrogen and oxygen atoms in total. The van der Waals surface area contributed by atoms with E-state index in [-0.39, 0.29) is 18.9 Å². The van der Waals surface area contributed by atoms with Gasteiger partial charge in [0.2, 0.25) is 5.91 Å². The van der Waals surface area contributed by atoms with E-state index in [0.717, 1.165) is 0 Å². The molecule has 0 fully saturated rings. The summed E-state index contributed by atoms with van der Waals surface area (Å²) >= 11 is 0. The fourth-order valence-corrected chi connectivity index (χ4v) is 1.57. The molecule has 1 aromatic heterocycles. The molecule has 64 valence electrons. The number of fused-ring (bicyclic) bond motifs is 1. The Balaban J connectivity index is 2.55. The first-order valence-corrected chi connectivity index (χ1v) is 3.76. The van der Waals surface area contributed by atoms with Crippen molar-refractivity contribution in [2.24, 2.45) is 0 Å². The van der Waals surface area contributed by atoms with Gasteiger partial charge in [0.25, 0.3) is 0 Å². The maximum Gasteiger partial charge on any atom is 0.233 e. The number of rotatable bonds is 1. The molecule has 12 heavy (non-hydrogen) atoms. The summed E-state index contributed by atoms with van der Waals surface area (Å²) < 4.78 is 1.40. The molecule has 2 N–H and O–H groups in total. The van der Waals surface area contributed by atoms with Gasteiger partial charge in [-0.15, -0.1) is 0 Å². The van der Waals surface area contributed by atoms with E-state index in [9.17, 15) is 9.90 Å². The van der Waals surface area contributed by atoms with Gasteiger partial charge in [-0.3, -0.25) is 9.36 Å². The summed E-state index contributed by atoms with van der Waals surface area (Å²) in [5, 5.41) is 18.3. The Bertz CT molecular complexity index is 329. The first-order chi connectivity index (χ1) is 5.74. The van der Waals surface area contributed by atoms with E-state index in [1.54, 1.807) is 12.3 Å². The van der Waals surface area contributed by atoms with E-state index in [4.69, 9.17) is 5.11 Å². The smallest absolute Gasteiger partial charge is 0.233 e. The molecule has 0 saturated carbocycles. The molecule has 0 aromatic carbocycles. The van der Waals surface area contributed by atoms with E-state index in [1.165, 1.54) is 4.57 Å². The number of aliphatic hydroxyl groups excluding tert-OH is 2. The maximum absolute atomic E-state index is 11.1. The average molecular weight is 167 g/mol. The van der Waals surface area contributed by atoms with Gasteiger partial charge in [-0.25, -0.2) is 0 Å². The highest BCUT2D eigenvalue weighted by molar-refractivity contribution is 5.83. The summed E-state index contributed by atoms with van der Waals surface area (Å²) in [6.45, 7) is -0.132. The highest BCUT2D eigenvalue weighted by atomic mass is 16.3. The third-order valence-corrected chi connectivity index (χ3v) is 2.14. The number of hydrogen-bond donors (Lipinski definition) is 2. The Labute approximate surface area is 69.1 Å². The Kier molecular flexibility index (Phi) is 1.52. The number of aromatic nitrogens is 1. The maximum atomic E-state index is 11.1. The van der Waals surface area contributed by atoms with Crippen LogP contribution >= 0.6 is 0 Å². The molecule has 0 radical (unpaired) electrons. The van der Waals surface area contributed by atoms with Crippen LogP contribution in [-0.2, 0) is 6.61 Å². The first kappa shape index (κ1) is 7.52. The van der Waals surface area contributed by atoms with Crippen molar-refractivity contribution in [3.63, 3.8) is 0 Å². The minimum atomic E-state index is -0.741. The molecule has 2 heterocycles. The fourth-order valence-electron chi connectivity index (χ4n) is 1.57. The SMILES string of the molecule is O=C1CC(O)c2c(CO)ccn21. The molecular formula is C8H9NO3. The summed E-state index contributed by atoms with van der Waals surface area (Å²) in [6, 6.07) is 1.65. The zero-order valence-corrected chi connectivity index (χ0v) is 6.40. The van der Waals surface area contributed by atoms with Crippen molar-refractivity contribution < 1.29 is 15.0 Å². The van der Waals surface area contributed by atoms with Gasteiger partial charge in [0.15, 0.2) is 0 Å². The number of carbonyl (C=O) groups is 1. The number of nitrogens with zero attached hydrogens (tertiary/aromatic N) is 1. The summed E-state index contributed by atoms with van der Waals surface area (Å²) in [5.41, 5.74) is 1.18. The lowest BCUT2D eigenvalue weighted by Crippen LogP contribution is -2.01. The van der Waals surface area contributed by atoms with Crippen LogP contribution in [0, 0.1) is 0 Å². The molecule has 0 spiro atoms. The summed E-state index contributed by atoms with van der Waals surface area (Å²) in [6.07, 6.45) is 0.970. The second-order valence-corrected chi connectivity index (χ2v) is 2.87. The molecule has 4 heteroatoms. The van der Waals surface area contributed by atoms with Gasteiger partial charge in [-0.1, -0.05) is 0 Å². The van der Waals surface area contributed by atoms with E-state index in [2.05, 4.69) is 0 Å². The monoisotopic (exact) mass is 167 g/mol. The predicted octanol–water partition coefficient (Wildman–Crippen LogP) is 0.0577. The van der Waals surface area contributed by atoms with Crippen molar-refractivity contribution in [3.8, 4) is 0 Å². The summed E-state index contributed by atoms with van der Waals surface area (Å²) in [5.74, 6) is -0.114. The minimum Gasteiger partial charge on any atom is -0.392 e. The van der Waals surface area contributed by atoms with Gasteiger partial charge in [0, 0.05) is 11.8 Å². The summed E-state index contributed by atoms with van der Waals surface area (Å²) in [4.78, 5) is 11.1. The van der Waals surface area contributed by atoms with E-state index in [1.807, 2.05) is 0 Å². The Morgan fingerprint density at radius 2 is 2.42 bits per heavy atom. The van der Waals surface area contributed by atoms with Crippen molar-refractivity contribution in [1.82, 2.24) is 4.57 Å². The number of hydrogen-bond acceptors (Lipinski definition) is 3. The number of aliphatic hydroxyl groups is 2. The van der Waals surface area contributed by atoms with Crippen LogP contribution in [0.1, 0.15) is 28.6 Å². The molecule has 0 aliphatic carbocycles. The van der Waals surface area contributed by atoms with E-state index >= 15 is 0 Å². The Morgan fingerprint density at radius 1 is 1.67 bits per heavy atom. The molecule has 1 aliphatic rings. The second kappa shape index (κ2) is 2.43. The average Bonchev–Trinajstić information content (AvgIpc) is 2.55. The van der Waals surface area contributed by atoms with E-state index in [0.29, 0.717) is 11.3 Å². The van der Waals surface area contributed by atoms with Crippen molar-refractivity contribution in [3.05, 3.63) is 23.5 Å². The molecular weight excluding hydrogens is 158 g/mol. The Hall–Kier alpha value is -1.13. The standard InChI is InChI=1S/C8H9NO3/c10-4-5-1-2-9-7(12)3-6(11)8(5)9/h1-2,6,10-11H,3-4H2. The van der Waals surface area contributed by atoms with Crippen LogP contribution in [0.15, 0.2) is 12.3 Å². The summed E-state index contributed by atoms with van der Waals surface area (Å²) in [7, 11) is 0. The zero-order chi connectivity index (χ0) is 8.72. The van der Waals surface area contributed by atoms with Crippen LogP contribution in [0.2, 0.25) is 0 Å². The predicted molar refractivity (Wildman–Crippen MR) is 40.6 cm³/mol. The van der Waals surface area contributed by atoms with Crippen molar-refractivity contribution in [1.29, 1.82) is 0 Å². The van der Waals surface area contributed by atoms with Crippen LogP contribution in [0.25, 0.3) is 0 Å². The molecule has 1 aromatic rings. The molecule has 1 aliphatic heterocycles. The first-order valence-electron chi connectivity index (χ1n) is 3.76. The van der Waals surface area contributed by atoms with Crippen LogP contribution in [0.5, 0.6) is 0 Å². The van der Waals surface area contributed by atoms with Crippen molar-refractivity contribution in [2.45, 2.75) is 19.1 Å². The molecule has 0 saturated heterocycles. The second-order valence-electron chi connectivity index (χ2n) is 2.87.